The van der Waals surface area contributed by atoms with Crippen molar-refractivity contribution in [2.45, 2.75) is 19.8 Å². The maximum absolute atomic E-state index is 2.47. The predicted octanol–water partition coefficient (Wildman–Crippen LogP) is 2.92. The Labute approximate surface area is 80.4 Å². The minimum atomic E-state index is 0.972. The average molecular weight is 175 g/mol. The molecule has 2 rings (SSSR count). The fraction of sp³-hybridized carbons (Fsp3) is 0.500. The summed E-state index contributed by atoms with van der Waals surface area (Å²) in [6.45, 7) is 4.61. The molecule has 1 aromatic carbocycles. The van der Waals surface area contributed by atoms with Crippen LogP contribution in [-0.4, -0.2) is 13.1 Å². The summed E-state index contributed by atoms with van der Waals surface area (Å²) in [6, 6.07) is 10.7. The number of hydrogen-bond acceptors (Lipinski definition) is 1. The van der Waals surface area contributed by atoms with Gasteiger partial charge < -0.3 is 4.90 Å². The summed E-state index contributed by atoms with van der Waals surface area (Å²) in [6.07, 6.45) is 2.87. The molecule has 1 heteroatoms. The van der Waals surface area contributed by atoms with Crippen LogP contribution in [0.25, 0.3) is 0 Å². The van der Waals surface area contributed by atoms with Crippen LogP contribution in [0.5, 0.6) is 0 Å². The highest BCUT2D eigenvalue weighted by molar-refractivity contribution is 5.45. The van der Waals surface area contributed by atoms with E-state index in [2.05, 4.69) is 42.2 Å². The van der Waals surface area contributed by atoms with E-state index in [-0.39, 0.29) is 0 Å². The van der Waals surface area contributed by atoms with Gasteiger partial charge in [-0.2, -0.15) is 0 Å². The van der Waals surface area contributed by atoms with Crippen molar-refractivity contribution < 1.29 is 0 Å². The van der Waals surface area contributed by atoms with Gasteiger partial charge in [-0.15, -0.1) is 0 Å². The molecular formula is C12H17N. The molecule has 0 aliphatic heterocycles. The van der Waals surface area contributed by atoms with Crippen LogP contribution in [0.1, 0.15) is 19.8 Å². The maximum atomic E-state index is 2.47. The van der Waals surface area contributed by atoms with Crippen LogP contribution in [0.2, 0.25) is 0 Å². The lowest BCUT2D eigenvalue weighted by Gasteiger charge is -2.22. The smallest absolute Gasteiger partial charge is 0.0366 e. The van der Waals surface area contributed by atoms with Gasteiger partial charge in [0.05, 0.1) is 0 Å². The number of rotatable bonds is 4. The molecule has 0 atom stereocenters. The van der Waals surface area contributed by atoms with Gasteiger partial charge in [0.1, 0.15) is 0 Å². The van der Waals surface area contributed by atoms with Crippen LogP contribution >= 0.6 is 0 Å². The zero-order valence-electron chi connectivity index (χ0n) is 8.24. The standard InChI is InChI=1S/C12H17N/c1-2-13(10-11-8-9-11)12-6-4-3-5-7-12/h3-7,11H,2,8-10H2,1H3. The maximum Gasteiger partial charge on any atom is 0.0366 e. The molecule has 0 amide bonds. The van der Waals surface area contributed by atoms with Gasteiger partial charge in [0, 0.05) is 18.8 Å². The van der Waals surface area contributed by atoms with E-state index in [4.69, 9.17) is 0 Å². The Bertz CT molecular complexity index is 251. The van der Waals surface area contributed by atoms with Gasteiger partial charge in [-0.3, -0.25) is 0 Å². The Balaban J connectivity index is 2.02. The third-order valence-electron chi connectivity index (χ3n) is 2.68. The van der Waals surface area contributed by atoms with E-state index in [1.807, 2.05) is 0 Å². The van der Waals surface area contributed by atoms with Gasteiger partial charge >= 0.3 is 0 Å². The van der Waals surface area contributed by atoms with Crippen molar-refractivity contribution in [2.24, 2.45) is 5.92 Å². The first kappa shape index (κ1) is 8.61. The average Bonchev–Trinajstić information content (AvgIpc) is 2.99. The van der Waals surface area contributed by atoms with E-state index < -0.39 is 0 Å². The third-order valence-corrected chi connectivity index (χ3v) is 2.68. The highest BCUT2D eigenvalue weighted by atomic mass is 15.1. The van der Waals surface area contributed by atoms with Gasteiger partial charge in [-0.1, -0.05) is 18.2 Å². The zero-order valence-corrected chi connectivity index (χ0v) is 8.24. The highest BCUT2D eigenvalue weighted by Crippen LogP contribution is 2.31. The van der Waals surface area contributed by atoms with E-state index in [0.29, 0.717) is 0 Å². The summed E-state index contributed by atoms with van der Waals surface area (Å²) in [7, 11) is 0. The van der Waals surface area contributed by atoms with Crippen LogP contribution in [0.4, 0.5) is 5.69 Å². The fourth-order valence-corrected chi connectivity index (χ4v) is 1.67. The first-order valence-electron chi connectivity index (χ1n) is 5.20. The molecule has 1 saturated carbocycles. The van der Waals surface area contributed by atoms with Crippen molar-refractivity contribution >= 4 is 5.69 Å². The molecule has 0 saturated heterocycles. The molecule has 0 N–H and O–H groups in total. The second-order valence-electron chi connectivity index (χ2n) is 3.82. The Hall–Kier alpha value is -0.980. The molecule has 70 valence electrons. The summed E-state index contributed by atoms with van der Waals surface area (Å²) in [5, 5.41) is 0. The largest absolute Gasteiger partial charge is 0.372 e. The molecule has 0 unspecified atom stereocenters. The van der Waals surface area contributed by atoms with Crippen LogP contribution in [0.3, 0.4) is 0 Å². The monoisotopic (exact) mass is 175 g/mol. The van der Waals surface area contributed by atoms with Crippen molar-refractivity contribution in [3.05, 3.63) is 30.3 Å². The molecule has 1 nitrogen and oxygen atoms in total. The molecule has 1 aromatic rings. The number of nitrogens with zero attached hydrogens (tertiary/aromatic N) is 1. The minimum absolute atomic E-state index is 0.972. The lowest BCUT2D eigenvalue weighted by atomic mass is 10.2. The van der Waals surface area contributed by atoms with Crippen molar-refractivity contribution in [1.29, 1.82) is 0 Å². The number of para-hydroxylation sites is 1. The lowest BCUT2D eigenvalue weighted by Crippen LogP contribution is -2.24. The van der Waals surface area contributed by atoms with Crippen LogP contribution in [0.15, 0.2) is 30.3 Å². The van der Waals surface area contributed by atoms with Gasteiger partial charge in [0.25, 0.3) is 0 Å². The van der Waals surface area contributed by atoms with E-state index >= 15 is 0 Å². The first-order chi connectivity index (χ1) is 6.40. The molecule has 0 heterocycles. The summed E-state index contributed by atoms with van der Waals surface area (Å²) in [5.41, 5.74) is 1.37. The SMILES string of the molecule is CCN(CC1CC1)c1ccccc1. The van der Waals surface area contributed by atoms with Gasteiger partial charge in [-0.25, -0.2) is 0 Å². The van der Waals surface area contributed by atoms with E-state index in [1.54, 1.807) is 0 Å². The highest BCUT2D eigenvalue weighted by Gasteiger charge is 2.23. The number of hydrogen-bond donors (Lipinski definition) is 0. The molecular weight excluding hydrogens is 158 g/mol. The molecule has 1 fully saturated rings. The Kier molecular flexibility index (Phi) is 2.53. The van der Waals surface area contributed by atoms with E-state index in [0.717, 1.165) is 12.5 Å². The molecule has 0 bridgehead atoms. The van der Waals surface area contributed by atoms with E-state index in [9.17, 15) is 0 Å². The molecule has 0 radical (unpaired) electrons. The fourth-order valence-electron chi connectivity index (χ4n) is 1.67. The molecule has 0 spiro atoms. The van der Waals surface area contributed by atoms with E-state index in [1.165, 1.54) is 25.1 Å². The quantitative estimate of drug-likeness (QED) is 0.680. The van der Waals surface area contributed by atoms with Crippen molar-refractivity contribution in [3.8, 4) is 0 Å². The molecule has 0 aromatic heterocycles. The second kappa shape index (κ2) is 3.82. The van der Waals surface area contributed by atoms with Crippen molar-refractivity contribution in [2.75, 3.05) is 18.0 Å². The van der Waals surface area contributed by atoms with Gasteiger partial charge in [-0.05, 0) is 37.8 Å². The predicted molar refractivity (Wildman–Crippen MR) is 57.1 cm³/mol. The first-order valence-corrected chi connectivity index (χ1v) is 5.20. The Morgan fingerprint density at radius 1 is 1.23 bits per heavy atom. The summed E-state index contributed by atoms with van der Waals surface area (Å²) in [5.74, 6) is 0.972. The topological polar surface area (TPSA) is 3.24 Å². The van der Waals surface area contributed by atoms with Crippen LogP contribution < -0.4 is 4.90 Å². The van der Waals surface area contributed by atoms with Crippen LogP contribution in [-0.2, 0) is 0 Å². The lowest BCUT2D eigenvalue weighted by molar-refractivity contribution is 0.742. The Morgan fingerprint density at radius 3 is 2.46 bits per heavy atom. The molecule has 13 heavy (non-hydrogen) atoms. The van der Waals surface area contributed by atoms with Crippen molar-refractivity contribution in [3.63, 3.8) is 0 Å². The normalized spacial score (nSPS) is 15.8. The molecule has 1 aliphatic rings. The van der Waals surface area contributed by atoms with Crippen molar-refractivity contribution in [1.82, 2.24) is 0 Å². The summed E-state index contributed by atoms with van der Waals surface area (Å²) in [4.78, 5) is 2.47. The number of benzene rings is 1. The number of anilines is 1. The molecule has 1 aliphatic carbocycles. The summed E-state index contributed by atoms with van der Waals surface area (Å²) < 4.78 is 0. The third kappa shape index (κ3) is 2.24. The minimum Gasteiger partial charge on any atom is -0.372 e. The second-order valence-corrected chi connectivity index (χ2v) is 3.82. The van der Waals surface area contributed by atoms with Gasteiger partial charge in [0.2, 0.25) is 0 Å². The summed E-state index contributed by atoms with van der Waals surface area (Å²) >= 11 is 0. The zero-order chi connectivity index (χ0) is 9.10. The van der Waals surface area contributed by atoms with Gasteiger partial charge in [0.15, 0.2) is 0 Å². The Morgan fingerprint density at radius 2 is 1.92 bits per heavy atom. The van der Waals surface area contributed by atoms with Crippen LogP contribution in [0, 0.1) is 5.92 Å².